The first-order chi connectivity index (χ1) is 12.1. The average molecular weight is 358 g/mol. The fraction of sp³-hybridized carbons (Fsp3) is 0.250. The monoisotopic (exact) mass is 357 g/mol. The van der Waals surface area contributed by atoms with E-state index >= 15 is 0 Å². The number of carbonyl (C=O) groups is 1. The van der Waals surface area contributed by atoms with Crippen LogP contribution in [0, 0.1) is 6.92 Å². The second-order valence-corrected chi connectivity index (χ2v) is 6.32. The lowest BCUT2D eigenvalue weighted by molar-refractivity contribution is -0.116. The molecule has 1 aliphatic rings. The van der Waals surface area contributed by atoms with Crippen molar-refractivity contribution in [3.63, 3.8) is 0 Å². The van der Waals surface area contributed by atoms with Crippen molar-refractivity contribution in [3.8, 4) is 11.5 Å². The number of aryl methyl sites for hydroxylation is 1. The van der Waals surface area contributed by atoms with Crippen molar-refractivity contribution >= 4 is 23.6 Å². The van der Waals surface area contributed by atoms with Crippen molar-refractivity contribution in [1.29, 1.82) is 0 Å². The van der Waals surface area contributed by atoms with Gasteiger partial charge in [-0.15, -0.1) is 0 Å². The fourth-order valence-corrected chi connectivity index (χ4v) is 2.77. The second-order valence-electron chi connectivity index (χ2n) is 5.92. The van der Waals surface area contributed by atoms with E-state index in [2.05, 4.69) is 5.32 Å². The van der Waals surface area contributed by atoms with Crippen molar-refractivity contribution in [1.82, 2.24) is 5.32 Å². The van der Waals surface area contributed by atoms with E-state index in [0.717, 1.165) is 17.5 Å². The SMILES string of the molecule is Cc1ccc(/C=C/C(=O)NCc2cc(Cl)c3c(c2)OCCCO3)cc1. The third-order valence-corrected chi connectivity index (χ3v) is 4.11. The Morgan fingerprint density at radius 2 is 1.96 bits per heavy atom. The predicted octanol–water partition coefficient (Wildman–Crippen LogP) is 4.14. The third kappa shape index (κ3) is 4.77. The quantitative estimate of drug-likeness (QED) is 0.836. The number of carbonyl (C=O) groups excluding carboxylic acids is 1. The molecule has 1 aliphatic heterocycles. The summed E-state index contributed by atoms with van der Waals surface area (Å²) in [5.41, 5.74) is 3.04. The van der Waals surface area contributed by atoms with Crippen molar-refractivity contribution in [2.75, 3.05) is 13.2 Å². The van der Waals surface area contributed by atoms with Gasteiger partial charge in [0.2, 0.25) is 5.91 Å². The normalized spacial score (nSPS) is 13.5. The maximum Gasteiger partial charge on any atom is 0.244 e. The Hall–Kier alpha value is -2.46. The van der Waals surface area contributed by atoms with Crippen molar-refractivity contribution in [2.45, 2.75) is 19.9 Å². The zero-order valence-electron chi connectivity index (χ0n) is 14.0. The van der Waals surface area contributed by atoms with Gasteiger partial charge in [0.25, 0.3) is 0 Å². The summed E-state index contributed by atoms with van der Waals surface area (Å²) in [6.07, 6.45) is 4.13. The molecular formula is C20H20ClNO3. The van der Waals surface area contributed by atoms with Crippen molar-refractivity contribution in [3.05, 3.63) is 64.2 Å². The van der Waals surface area contributed by atoms with Crippen LogP contribution in [0.3, 0.4) is 0 Å². The van der Waals surface area contributed by atoms with E-state index in [-0.39, 0.29) is 5.91 Å². The molecule has 0 radical (unpaired) electrons. The summed E-state index contributed by atoms with van der Waals surface area (Å²) in [7, 11) is 0. The summed E-state index contributed by atoms with van der Waals surface area (Å²) < 4.78 is 11.3. The number of ether oxygens (including phenoxy) is 2. The molecule has 0 atom stereocenters. The molecular weight excluding hydrogens is 338 g/mol. The van der Waals surface area contributed by atoms with Crippen LogP contribution >= 0.6 is 11.6 Å². The minimum absolute atomic E-state index is 0.163. The first-order valence-corrected chi connectivity index (χ1v) is 8.60. The van der Waals surface area contributed by atoms with Crippen LogP contribution in [0.2, 0.25) is 5.02 Å². The van der Waals surface area contributed by atoms with Crippen molar-refractivity contribution in [2.24, 2.45) is 0 Å². The predicted molar refractivity (Wildman–Crippen MR) is 99.1 cm³/mol. The van der Waals surface area contributed by atoms with Gasteiger partial charge in [-0.1, -0.05) is 41.4 Å². The molecule has 0 bridgehead atoms. The van der Waals surface area contributed by atoms with Gasteiger partial charge in [-0.25, -0.2) is 0 Å². The summed E-state index contributed by atoms with van der Waals surface area (Å²) in [5, 5.41) is 3.35. The Morgan fingerprint density at radius 3 is 2.76 bits per heavy atom. The Balaban J connectivity index is 1.61. The maximum absolute atomic E-state index is 12.0. The summed E-state index contributed by atoms with van der Waals surface area (Å²) in [6.45, 7) is 3.58. The molecule has 0 saturated carbocycles. The molecule has 0 fully saturated rings. The van der Waals surface area contributed by atoms with Gasteiger partial charge in [0.05, 0.1) is 18.2 Å². The van der Waals surface area contributed by atoms with Crippen LogP contribution in [0.4, 0.5) is 0 Å². The molecule has 130 valence electrons. The standard InChI is InChI=1S/C20H20ClNO3/c1-14-3-5-15(6-4-14)7-8-19(23)22-13-16-11-17(21)20-18(12-16)24-9-2-10-25-20/h3-8,11-12H,2,9-10,13H2,1H3,(H,22,23)/b8-7+. The summed E-state index contributed by atoms with van der Waals surface area (Å²) in [6, 6.07) is 11.6. The summed E-state index contributed by atoms with van der Waals surface area (Å²) in [4.78, 5) is 12.0. The van der Waals surface area contributed by atoms with Crippen LogP contribution in [0.25, 0.3) is 6.08 Å². The zero-order chi connectivity index (χ0) is 17.6. The van der Waals surface area contributed by atoms with Crippen LogP contribution in [0.1, 0.15) is 23.1 Å². The number of hydrogen-bond acceptors (Lipinski definition) is 3. The molecule has 3 rings (SSSR count). The molecule has 5 heteroatoms. The summed E-state index contributed by atoms with van der Waals surface area (Å²) in [5.74, 6) is 1.04. The number of hydrogen-bond donors (Lipinski definition) is 1. The highest BCUT2D eigenvalue weighted by Crippen LogP contribution is 2.37. The Morgan fingerprint density at radius 1 is 1.20 bits per heavy atom. The molecule has 1 heterocycles. The zero-order valence-corrected chi connectivity index (χ0v) is 14.8. The third-order valence-electron chi connectivity index (χ3n) is 3.83. The van der Waals surface area contributed by atoms with Gasteiger partial charge in [0, 0.05) is 19.0 Å². The molecule has 4 nitrogen and oxygen atoms in total. The highest BCUT2D eigenvalue weighted by Gasteiger charge is 2.15. The minimum Gasteiger partial charge on any atom is -0.489 e. The molecule has 0 aliphatic carbocycles. The molecule has 25 heavy (non-hydrogen) atoms. The van der Waals surface area contributed by atoms with Crippen LogP contribution in [0.15, 0.2) is 42.5 Å². The minimum atomic E-state index is -0.163. The maximum atomic E-state index is 12.0. The number of amides is 1. The largest absolute Gasteiger partial charge is 0.489 e. The lowest BCUT2D eigenvalue weighted by Crippen LogP contribution is -2.20. The smallest absolute Gasteiger partial charge is 0.244 e. The van der Waals surface area contributed by atoms with Gasteiger partial charge in [0.1, 0.15) is 0 Å². The fourth-order valence-electron chi connectivity index (χ4n) is 2.48. The molecule has 0 aromatic heterocycles. The first kappa shape index (κ1) is 17.4. The lowest BCUT2D eigenvalue weighted by atomic mass is 10.1. The molecule has 0 unspecified atom stereocenters. The molecule has 0 spiro atoms. The van der Waals surface area contributed by atoms with Gasteiger partial charge in [-0.05, 0) is 36.3 Å². The number of halogens is 1. The van der Waals surface area contributed by atoms with Crippen LogP contribution in [-0.2, 0) is 11.3 Å². The van der Waals surface area contributed by atoms with E-state index in [1.165, 1.54) is 11.6 Å². The Kier molecular flexibility index (Phi) is 5.61. The molecule has 2 aromatic rings. The van der Waals surface area contributed by atoms with Gasteiger partial charge in [0.15, 0.2) is 11.5 Å². The molecule has 1 N–H and O–H groups in total. The van der Waals surface area contributed by atoms with E-state index in [1.807, 2.05) is 37.3 Å². The van der Waals surface area contributed by atoms with E-state index in [9.17, 15) is 4.79 Å². The van der Waals surface area contributed by atoms with Gasteiger partial charge in [-0.3, -0.25) is 4.79 Å². The van der Waals surface area contributed by atoms with Crippen molar-refractivity contribution < 1.29 is 14.3 Å². The van der Waals surface area contributed by atoms with E-state index in [4.69, 9.17) is 21.1 Å². The number of fused-ring (bicyclic) bond motifs is 1. The summed E-state index contributed by atoms with van der Waals surface area (Å²) >= 11 is 6.26. The first-order valence-electron chi connectivity index (χ1n) is 8.22. The van der Waals surface area contributed by atoms with Crippen LogP contribution < -0.4 is 14.8 Å². The second kappa shape index (κ2) is 8.08. The molecule has 0 saturated heterocycles. The van der Waals surface area contributed by atoms with E-state index in [0.29, 0.717) is 36.3 Å². The lowest BCUT2D eigenvalue weighted by Gasteiger charge is -2.11. The van der Waals surface area contributed by atoms with Gasteiger partial charge in [-0.2, -0.15) is 0 Å². The molecule has 1 amide bonds. The number of nitrogens with one attached hydrogen (secondary N) is 1. The Bertz CT molecular complexity index is 784. The number of rotatable bonds is 4. The topological polar surface area (TPSA) is 47.6 Å². The van der Waals surface area contributed by atoms with Gasteiger partial charge < -0.3 is 14.8 Å². The van der Waals surface area contributed by atoms with E-state index < -0.39 is 0 Å². The average Bonchev–Trinajstić information content (AvgIpc) is 2.85. The van der Waals surface area contributed by atoms with Gasteiger partial charge >= 0.3 is 0 Å². The van der Waals surface area contributed by atoms with Crippen LogP contribution in [0.5, 0.6) is 11.5 Å². The van der Waals surface area contributed by atoms with Crippen LogP contribution in [-0.4, -0.2) is 19.1 Å². The number of benzene rings is 2. The molecule has 2 aromatic carbocycles. The highest BCUT2D eigenvalue weighted by atomic mass is 35.5. The van der Waals surface area contributed by atoms with E-state index in [1.54, 1.807) is 12.1 Å². The Labute approximate surface area is 152 Å². The highest BCUT2D eigenvalue weighted by molar-refractivity contribution is 6.32.